The van der Waals surface area contributed by atoms with Gasteiger partial charge in [-0.3, -0.25) is 4.79 Å². The number of hydrogen-bond acceptors (Lipinski definition) is 3. The molecule has 104 valence electrons. The predicted molar refractivity (Wildman–Crippen MR) is 84.7 cm³/mol. The molecule has 0 heterocycles. The van der Waals surface area contributed by atoms with Crippen LogP contribution in [0.15, 0.2) is 34.8 Å². The van der Waals surface area contributed by atoms with Crippen molar-refractivity contribution in [1.82, 2.24) is 0 Å². The topological polar surface area (TPSA) is 52.3 Å². The van der Waals surface area contributed by atoms with Crippen LogP contribution in [-0.2, 0) is 0 Å². The number of carbonyl (C=O) groups excluding carboxylic acids is 1. The van der Waals surface area contributed by atoms with E-state index in [4.69, 9.17) is 22.1 Å². The Morgan fingerprint density at radius 3 is 2.55 bits per heavy atom. The largest absolute Gasteiger partial charge is 0.496 e. The van der Waals surface area contributed by atoms with Crippen LogP contribution in [-0.4, -0.2) is 12.9 Å². The first kappa shape index (κ1) is 14.9. The fraction of sp³-hybridized carbons (Fsp3) is 0.133. The van der Waals surface area contributed by atoms with Crippen molar-refractivity contribution in [3.05, 3.63) is 56.5 Å². The average Bonchev–Trinajstić information content (AvgIpc) is 2.40. The molecule has 0 saturated heterocycles. The highest BCUT2D eigenvalue weighted by molar-refractivity contribution is 9.10. The van der Waals surface area contributed by atoms with Crippen LogP contribution >= 0.6 is 27.5 Å². The first-order chi connectivity index (χ1) is 9.43. The van der Waals surface area contributed by atoms with Crippen LogP contribution in [0.1, 0.15) is 21.5 Å². The van der Waals surface area contributed by atoms with Crippen molar-refractivity contribution in [3.63, 3.8) is 0 Å². The molecule has 0 aliphatic heterocycles. The molecule has 0 aromatic heterocycles. The molecule has 0 spiro atoms. The molecule has 2 N–H and O–H groups in total. The zero-order valence-electron chi connectivity index (χ0n) is 11.0. The van der Waals surface area contributed by atoms with Gasteiger partial charge in [-0.15, -0.1) is 0 Å². The van der Waals surface area contributed by atoms with Gasteiger partial charge in [0.2, 0.25) is 0 Å². The predicted octanol–water partition coefficient (Wildman–Crippen LogP) is 4.23. The second-order valence-corrected chi connectivity index (χ2v) is 5.65. The highest BCUT2D eigenvalue weighted by atomic mass is 79.9. The lowest BCUT2D eigenvalue weighted by atomic mass is 10.00. The Bertz CT molecular complexity index is 686. The van der Waals surface area contributed by atoms with Gasteiger partial charge >= 0.3 is 0 Å². The molecule has 0 radical (unpaired) electrons. The average molecular weight is 355 g/mol. The molecule has 0 amide bonds. The molecular weight excluding hydrogens is 342 g/mol. The summed E-state index contributed by atoms with van der Waals surface area (Å²) in [5, 5.41) is 0.496. The molecule has 5 heteroatoms. The second kappa shape index (κ2) is 5.85. The zero-order valence-corrected chi connectivity index (χ0v) is 13.4. The smallest absolute Gasteiger partial charge is 0.198 e. The van der Waals surface area contributed by atoms with Crippen LogP contribution in [0.3, 0.4) is 0 Å². The first-order valence-corrected chi connectivity index (χ1v) is 7.05. The number of rotatable bonds is 3. The van der Waals surface area contributed by atoms with Gasteiger partial charge in [-0.2, -0.15) is 0 Å². The summed E-state index contributed by atoms with van der Waals surface area (Å²) in [6.07, 6.45) is 0. The molecule has 0 unspecified atom stereocenters. The maximum Gasteiger partial charge on any atom is 0.198 e. The van der Waals surface area contributed by atoms with Gasteiger partial charge in [0.25, 0.3) is 0 Å². The van der Waals surface area contributed by atoms with Crippen LogP contribution in [0.4, 0.5) is 5.69 Å². The van der Waals surface area contributed by atoms with Crippen LogP contribution in [0.25, 0.3) is 0 Å². The van der Waals surface area contributed by atoms with Crippen molar-refractivity contribution in [2.24, 2.45) is 0 Å². The lowest BCUT2D eigenvalue weighted by molar-refractivity contribution is 0.103. The third-order valence-corrected chi connectivity index (χ3v) is 4.07. The Labute approximate surface area is 130 Å². The number of aryl methyl sites for hydroxylation is 1. The number of carbonyl (C=O) groups is 1. The molecule has 0 bridgehead atoms. The summed E-state index contributed by atoms with van der Waals surface area (Å²) in [4.78, 5) is 12.6. The molecule has 2 aromatic rings. The molecule has 0 fully saturated rings. The van der Waals surface area contributed by atoms with Crippen molar-refractivity contribution < 1.29 is 9.53 Å². The molecule has 2 rings (SSSR count). The van der Waals surface area contributed by atoms with Gasteiger partial charge in [-0.1, -0.05) is 27.5 Å². The van der Waals surface area contributed by atoms with Gasteiger partial charge < -0.3 is 10.5 Å². The number of hydrogen-bond donors (Lipinski definition) is 1. The van der Waals surface area contributed by atoms with Gasteiger partial charge in [0, 0.05) is 20.7 Å². The van der Waals surface area contributed by atoms with E-state index in [1.54, 1.807) is 24.3 Å². The summed E-state index contributed by atoms with van der Waals surface area (Å²) in [6, 6.07) is 8.37. The number of nitrogen functional groups attached to an aromatic ring is 1. The van der Waals surface area contributed by atoms with Crippen molar-refractivity contribution in [2.75, 3.05) is 12.8 Å². The summed E-state index contributed by atoms with van der Waals surface area (Å²) >= 11 is 9.27. The molecule has 0 aliphatic rings. The number of methoxy groups -OCH3 is 1. The van der Waals surface area contributed by atoms with E-state index in [1.165, 1.54) is 7.11 Å². The number of anilines is 1. The second-order valence-electron chi connectivity index (χ2n) is 4.36. The molecule has 2 aromatic carbocycles. The van der Waals surface area contributed by atoms with Crippen molar-refractivity contribution in [2.45, 2.75) is 6.92 Å². The Hall–Kier alpha value is -1.52. The minimum absolute atomic E-state index is 0.197. The fourth-order valence-electron chi connectivity index (χ4n) is 1.89. The van der Waals surface area contributed by atoms with E-state index < -0.39 is 0 Å². The molecule has 3 nitrogen and oxygen atoms in total. The minimum atomic E-state index is -0.197. The summed E-state index contributed by atoms with van der Waals surface area (Å²) < 4.78 is 6.12. The minimum Gasteiger partial charge on any atom is -0.496 e. The number of halogens is 2. The van der Waals surface area contributed by atoms with Crippen LogP contribution < -0.4 is 10.5 Å². The molecular formula is C15H13BrClNO2. The van der Waals surface area contributed by atoms with Crippen LogP contribution in [0.2, 0.25) is 5.02 Å². The van der Waals surface area contributed by atoms with E-state index in [0.29, 0.717) is 27.6 Å². The summed E-state index contributed by atoms with van der Waals surface area (Å²) in [5.74, 6) is 0.321. The highest BCUT2D eigenvalue weighted by Crippen LogP contribution is 2.30. The van der Waals surface area contributed by atoms with E-state index in [0.717, 1.165) is 10.0 Å². The van der Waals surface area contributed by atoms with Crippen molar-refractivity contribution >= 4 is 39.0 Å². The Balaban J connectivity index is 2.55. The van der Waals surface area contributed by atoms with E-state index in [2.05, 4.69) is 15.9 Å². The Morgan fingerprint density at radius 1 is 1.25 bits per heavy atom. The van der Waals surface area contributed by atoms with Gasteiger partial charge in [0.15, 0.2) is 5.78 Å². The maximum atomic E-state index is 12.6. The molecule has 0 aliphatic carbocycles. The summed E-state index contributed by atoms with van der Waals surface area (Å²) in [6.45, 7) is 1.93. The van der Waals surface area contributed by atoms with Gasteiger partial charge in [0.05, 0.1) is 12.7 Å². The van der Waals surface area contributed by atoms with Gasteiger partial charge in [-0.25, -0.2) is 0 Å². The quantitative estimate of drug-likeness (QED) is 0.663. The van der Waals surface area contributed by atoms with E-state index in [1.807, 2.05) is 13.0 Å². The van der Waals surface area contributed by atoms with Crippen molar-refractivity contribution in [3.8, 4) is 5.75 Å². The zero-order chi connectivity index (χ0) is 14.9. The Kier molecular flexibility index (Phi) is 4.35. The summed E-state index contributed by atoms with van der Waals surface area (Å²) in [5.41, 5.74) is 8.06. The third kappa shape index (κ3) is 2.81. The van der Waals surface area contributed by atoms with E-state index in [9.17, 15) is 4.79 Å². The normalized spacial score (nSPS) is 10.4. The lowest BCUT2D eigenvalue weighted by Crippen LogP contribution is -2.07. The highest BCUT2D eigenvalue weighted by Gasteiger charge is 2.18. The third-order valence-electron chi connectivity index (χ3n) is 2.98. The number of nitrogens with two attached hydrogens (primary N) is 1. The monoisotopic (exact) mass is 353 g/mol. The van der Waals surface area contributed by atoms with E-state index >= 15 is 0 Å². The maximum absolute atomic E-state index is 12.6. The molecule has 0 saturated carbocycles. The van der Waals surface area contributed by atoms with Gasteiger partial charge in [0.1, 0.15) is 5.75 Å². The number of ketones is 1. The lowest BCUT2D eigenvalue weighted by Gasteiger charge is -2.11. The fourth-order valence-corrected chi connectivity index (χ4v) is 2.41. The standard InChI is InChI=1S/C15H13BrClNO2/c1-8-5-14(20-2)11(7-12(8)16)15(19)10-4-3-9(17)6-13(10)18/h3-7H,18H2,1-2H3. The van der Waals surface area contributed by atoms with Crippen molar-refractivity contribution in [1.29, 1.82) is 0 Å². The summed E-state index contributed by atoms with van der Waals surface area (Å²) in [7, 11) is 1.53. The SMILES string of the molecule is COc1cc(C)c(Br)cc1C(=O)c1ccc(Cl)cc1N. The molecule has 0 atom stereocenters. The van der Waals surface area contributed by atoms with E-state index in [-0.39, 0.29) is 5.78 Å². The first-order valence-electron chi connectivity index (χ1n) is 5.88. The number of ether oxygens (including phenoxy) is 1. The van der Waals surface area contributed by atoms with Gasteiger partial charge in [-0.05, 0) is 42.8 Å². The Morgan fingerprint density at radius 2 is 1.95 bits per heavy atom. The molecule has 20 heavy (non-hydrogen) atoms. The number of benzene rings is 2. The van der Waals surface area contributed by atoms with Crippen LogP contribution in [0, 0.1) is 6.92 Å². The van der Waals surface area contributed by atoms with Crippen LogP contribution in [0.5, 0.6) is 5.75 Å².